The van der Waals surface area contributed by atoms with Crippen LogP contribution < -0.4 is 19.7 Å². The normalized spacial score (nSPS) is 13.6. The van der Waals surface area contributed by atoms with Crippen molar-refractivity contribution in [3.63, 3.8) is 0 Å². The summed E-state index contributed by atoms with van der Waals surface area (Å²) >= 11 is 0. The van der Waals surface area contributed by atoms with Gasteiger partial charge in [0.05, 0.1) is 7.05 Å². The quantitative estimate of drug-likeness (QED) is 0.875. The highest BCUT2D eigenvalue weighted by molar-refractivity contribution is 5.93. The van der Waals surface area contributed by atoms with E-state index in [0.717, 1.165) is 45.3 Å². The van der Waals surface area contributed by atoms with Crippen molar-refractivity contribution in [3.8, 4) is 11.5 Å². The second-order valence-corrected chi connectivity index (χ2v) is 6.82. The Labute approximate surface area is 148 Å². The van der Waals surface area contributed by atoms with Crippen molar-refractivity contribution < 1.29 is 19.2 Å². The Morgan fingerprint density at radius 1 is 1.08 bits per heavy atom. The molecule has 1 unspecified atom stereocenters. The van der Waals surface area contributed by atoms with E-state index in [1.165, 1.54) is 5.56 Å². The maximum Gasteiger partial charge on any atom is 0.279 e. The SMILES string of the molecule is Cc1cc(C)c(NC(=O)C[NH+](C)Cc2ccc3c(c2)OCO3)c(C)c1. The van der Waals surface area contributed by atoms with E-state index in [4.69, 9.17) is 9.47 Å². The van der Waals surface area contributed by atoms with Gasteiger partial charge in [-0.25, -0.2) is 0 Å². The summed E-state index contributed by atoms with van der Waals surface area (Å²) in [5.41, 5.74) is 5.45. The van der Waals surface area contributed by atoms with Gasteiger partial charge >= 0.3 is 0 Å². The number of amides is 1. The summed E-state index contributed by atoms with van der Waals surface area (Å²) in [5.74, 6) is 1.58. The Bertz CT molecular complexity index is 779. The average molecular weight is 341 g/mol. The van der Waals surface area contributed by atoms with Crippen LogP contribution in [0.4, 0.5) is 5.69 Å². The number of benzene rings is 2. The molecule has 3 rings (SSSR count). The fourth-order valence-corrected chi connectivity index (χ4v) is 3.30. The molecule has 0 fully saturated rings. The second-order valence-electron chi connectivity index (χ2n) is 6.82. The zero-order valence-electron chi connectivity index (χ0n) is 15.2. The molecule has 0 saturated heterocycles. The van der Waals surface area contributed by atoms with Crippen molar-refractivity contribution in [3.05, 3.63) is 52.6 Å². The molecule has 2 aromatic rings. The van der Waals surface area contributed by atoms with E-state index >= 15 is 0 Å². The van der Waals surface area contributed by atoms with Crippen LogP contribution in [0.25, 0.3) is 0 Å². The van der Waals surface area contributed by atoms with Gasteiger partial charge in [0.15, 0.2) is 18.0 Å². The van der Waals surface area contributed by atoms with Crippen LogP contribution in [0, 0.1) is 20.8 Å². The lowest BCUT2D eigenvalue weighted by Gasteiger charge is -2.16. The number of quaternary nitrogens is 1. The highest BCUT2D eigenvalue weighted by Gasteiger charge is 2.17. The number of carbonyl (C=O) groups is 1. The summed E-state index contributed by atoms with van der Waals surface area (Å²) in [6.45, 7) is 7.54. The molecule has 2 N–H and O–H groups in total. The van der Waals surface area contributed by atoms with E-state index in [-0.39, 0.29) is 12.7 Å². The highest BCUT2D eigenvalue weighted by atomic mass is 16.7. The molecule has 0 aromatic heterocycles. The summed E-state index contributed by atoms with van der Waals surface area (Å²) in [6.07, 6.45) is 0. The van der Waals surface area contributed by atoms with Crippen LogP contribution >= 0.6 is 0 Å². The minimum absolute atomic E-state index is 0.0216. The van der Waals surface area contributed by atoms with Crippen LogP contribution in [0.5, 0.6) is 11.5 Å². The molecule has 0 radical (unpaired) electrons. The van der Waals surface area contributed by atoms with Gasteiger partial charge < -0.3 is 19.7 Å². The van der Waals surface area contributed by atoms with Gasteiger partial charge in [0.2, 0.25) is 6.79 Å². The Hall–Kier alpha value is -2.53. The van der Waals surface area contributed by atoms with Crippen molar-refractivity contribution in [1.29, 1.82) is 0 Å². The van der Waals surface area contributed by atoms with E-state index in [9.17, 15) is 4.79 Å². The first-order chi connectivity index (χ1) is 11.9. The zero-order valence-corrected chi connectivity index (χ0v) is 15.2. The Morgan fingerprint density at radius 3 is 2.48 bits per heavy atom. The maximum atomic E-state index is 12.4. The number of hydrogen-bond donors (Lipinski definition) is 2. The monoisotopic (exact) mass is 341 g/mol. The molecule has 132 valence electrons. The van der Waals surface area contributed by atoms with Gasteiger partial charge in [-0.15, -0.1) is 0 Å². The molecule has 1 aliphatic rings. The minimum Gasteiger partial charge on any atom is -0.454 e. The summed E-state index contributed by atoms with van der Waals surface area (Å²) in [7, 11) is 2.01. The van der Waals surface area contributed by atoms with Gasteiger partial charge in [-0.05, 0) is 50.1 Å². The standard InChI is InChI=1S/C20H24N2O3/c1-13-7-14(2)20(15(3)8-13)21-19(23)11-22(4)10-16-5-6-17-18(9-16)25-12-24-17/h5-9H,10-12H2,1-4H3,(H,21,23)/p+1. The first kappa shape index (κ1) is 17.3. The minimum atomic E-state index is 0.0216. The Kier molecular flexibility index (Phi) is 4.95. The van der Waals surface area contributed by atoms with Gasteiger partial charge in [0.1, 0.15) is 6.54 Å². The van der Waals surface area contributed by atoms with E-state index in [0.29, 0.717) is 6.54 Å². The van der Waals surface area contributed by atoms with Crippen LogP contribution in [-0.2, 0) is 11.3 Å². The molecule has 1 amide bonds. The summed E-state index contributed by atoms with van der Waals surface area (Å²) in [6, 6.07) is 10.1. The maximum absolute atomic E-state index is 12.4. The van der Waals surface area contributed by atoms with Crippen molar-refractivity contribution in [2.24, 2.45) is 0 Å². The molecule has 0 saturated carbocycles. The molecule has 1 aliphatic heterocycles. The fraction of sp³-hybridized carbons (Fsp3) is 0.350. The third-order valence-electron chi connectivity index (χ3n) is 4.35. The number of hydrogen-bond acceptors (Lipinski definition) is 3. The molecule has 1 heterocycles. The van der Waals surface area contributed by atoms with Crippen LogP contribution in [-0.4, -0.2) is 26.3 Å². The van der Waals surface area contributed by atoms with E-state index in [1.807, 2.05) is 39.1 Å². The second kappa shape index (κ2) is 7.15. The first-order valence-corrected chi connectivity index (χ1v) is 8.50. The summed E-state index contributed by atoms with van der Waals surface area (Å²) in [5, 5.41) is 3.06. The molecule has 2 aromatic carbocycles. The van der Waals surface area contributed by atoms with Crippen LogP contribution in [0.15, 0.2) is 30.3 Å². The molecular formula is C20H25N2O3+. The van der Waals surface area contributed by atoms with Crippen molar-refractivity contribution in [2.75, 3.05) is 25.7 Å². The summed E-state index contributed by atoms with van der Waals surface area (Å²) in [4.78, 5) is 13.5. The number of fused-ring (bicyclic) bond motifs is 1. The van der Waals surface area contributed by atoms with E-state index in [2.05, 4.69) is 24.4 Å². The van der Waals surface area contributed by atoms with E-state index < -0.39 is 0 Å². The van der Waals surface area contributed by atoms with Crippen molar-refractivity contribution in [2.45, 2.75) is 27.3 Å². The largest absolute Gasteiger partial charge is 0.454 e. The molecule has 5 nitrogen and oxygen atoms in total. The fourth-order valence-electron chi connectivity index (χ4n) is 3.30. The van der Waals surface area contributed by atoms with Gasteiger partial charge in [0.25, 0.3) is 5.91 Å². The van der Waals surface area contributed by atoms with E-state index in [1.54, 1.807) is 0 Å². The number of carbonyl (C=O) groups excluding carboxylic acids is 1. The van der Waals surface area contributed by atoms with Crippen LogP contribution in [0.1, 0.15) is 22.3 Å². The molecule has 1 atom stereocenters. The Morgan fingerprint density at radius 2 is 1.76 bits per heavy atom. The first-order valence-electron chi connectivity index (χ1n) is 8.50. The van der Waals surface area contributed by atoms with Crippen LogP contribution in [0.3, 0.4) is 0 Å². The predicted octanol–water partition coefficient (Wildman–Crippen LogP) is 1.99. The Balaban J connectivity index is 1.59. The predicted molar refractivity (Wildman–Crippen MR) is 97.3 cm³/mol. The van der Waals surface area contributed by atoms with Crippen molar-refractivity contribution >= 4 is 11.6 Å². The number of anilines is 1. The average Bonchev–Trinajstić information content (AvgIpc) is 2.98. The smallest absolute Gasteiger partial charge is 0.279 e. The van der Waals surface area contributed by atoms with Gasteiger partial charge in [-0.1, -0.05) is 17.7 Å². The molecule has 0 bridgehead atoms. The molecular weight excluding hydrogens is 316 g/mol. The third kappa shape index (κ3) is 4.12. The lowest BCUT2D eigenvalue weighted by atomic mass is 10.1. The van der Waals surface area contributed by atoms with Crippen LogP contribution in [0.2, 0.25) is 0 Å². The molecule has 0 spiro atoms. The number of likely N-dealkylation sites (N-methyl/N-ethyl adjacent to an activating group) is 1. The zero-order chi connectivity index (χ0) is 18.0. The summed E-state index contributed by atoms with van der Waals surface area (Å²) < 4.78 is 10.7. The van der Waals surface area contributed by atoms with Gasteiger partial charge in [-0.3, -0.25) is 4.79 Å². The number of rotatable bonds is 5. The molecule has 5 heteroatoms. The number of nitrogens with one attached hydrogen (secondary N) is 2. The third-order valence-corrected chi connectivity index (χ3v) is 4.35. The molecule has 0 aliphatic carbocycles. The lowest BCUT2D eigenvalue weighted by Crippen LogP contribution is -3.08. The topological polar surface area (TPSA) is 52.0 Å². The van der Waals surface area contributed by atoms with Gasteiger partial charge in [-0.2, -0.15) is 0 Å². The van der Waals surface area contributed by atoms with Crippen molar-refractivity contribution in [1.82, 2.24) is 0 Å². The number of ether oxygens (including phenoxy) is 2. The lowest BCUT2D eigenvalue weighted by molar-refractivity contribution is -0.885. The highest BCUT2D eigenvalue weighted by Crippen LogP contribution is 2.32. The number of aryl methyl sites for hydroxylation is 3. The molecule has 25 heavy (non-hydrogen) atoms. The van der Waals surface area contributed by atoms with Gasteiger partial charge in [0, 0.05) is 11.3 Å².